The van der Waals surface area contributed by atoms with E-state index in [1.807, 2.05) is 13.0 Å². The van der Waals surface area contributed by atoms with Crippen molar-refractivity contribution in [3.8, 4) is 0 Å². The number of amides is 1. The van der Waals surface area contributed by atoms with Crippen LogP contribution in [0.3, 0.4) is 0 Å². The second kappa shape index (κ2) is 8.47. The number of aryl methyl sites for hydroxylation is 1. The van der Waals surface area contributed by atoms with Crippen molar-refractivity contribution in [2.45, 2.75) is 32.9 Å². The topological polar surface area (TPSA) is 84.5 Å². The average Bonchev–Trinajstić information content (AvgIpc) is 3.05. The fraction of sp³-hybridized carbons (Fsp3) is 0.474. The zero-order chi connectivity index (χ0) is 20.3. The third-order valence-corrected chi connectivity index (χ3v) is 5.04. The summed E-state index contributed by atoms with van der Waals surface area (Å²) < 4.78 is 14.8. The van der Waals surface area contributed by atoms with E-state index in [2.05, 4.69) is 10.00 Å². The molecule has 1 fully saturated rings. The molecule has 2 heterocycles. The number of benzene rings is 1. The molecule has 3 rings (SSSR count). The van der Waals surface area contributed by atoms with E-state index in [4.69, 9.17) is 0 Å². The van der Waals surface area contributed by atoms with Gasteiger partial charge in [0.25, 0.3) is 0 Å². The molecule has 0 aliphatic carbocycles. The molecule has 1 atom stereocenters. The first-order valence-corrected chi connectivity index (χ1v) is 9.35. The summed E-state index contributed by atoms with van der Waals surface area (Å²) in [5.41, 5.74) is 1.50. The highest BCUT2D eigenvalue weighted by molar-refractivity contribution is 5.80. The maximum atomic E-state index is 13.3. The molecule has 1 saturated heterocycles. The van der Waals surface area contributed by atoms with Gasteiger partial charge in [0.15, 0.2) is 6.04 Å². The Morgan fingerprint density at radius 3 is 2.57 bits per heavy atom. The quantitative estimate of drug-likeness (QED) is 0.560. The van der Waals surface area contributed by atoms with Gasteiger partial charge < -0.3 is 15.0 Å². The molecular formula is C19H24FN5O3. The molecule has 0 saturated carbocycles. The van der Waals surface area contributed by atoms with Crippen molar-refractivity contribution in [1.29, 1.82) is 0 Å². The Morgan fingerprint density at radius 1 is 1.29 bits per heavy atom. The predicted octanol–water partition coefficient (Wildman–Crippen LogP) is 2.53. The minimum Gasteiger partial charge on any atom is -0.358 e. The van der Waals surface area contributed by atoms with Crippen LogP contribution in [0, 0.1) is 22.9 Å². The lowest BCUT2D eigenvalue weighted by atomic mass is 10.1. The van der Waals surface area contributed by atoms with Crippen LogP contribution < -0.4 is 0 Å². The molecule has 9 heteroatoms. The van der Waals surface area contributed by atoms with E-state index in [0.29, 0.717) is 44.8 Å². The molecule has 0 bridgehead atoms. The summed E-state index contributed by atoms with van der Waals surface area (Å²) in [6, 6.07) is 7.36. The van der Waals surface area contributed by atoms with Gasteiger partial charge in [-0.2, -0.15) is 4.68 Å². The number of nitro groups is 1. The van der Waals surface area contributed by atoms with E-state index in [0.717, 1.165) is 5.56 Å². The van der Waals surface area contributed by atoms with Crippen molar-refractivity contribution < 1.29 is 14.1 Å². The summed E-state index contributed by atoms with van der Waals surface area (Å²) >= 11 is 0. The van der Waals surface area contributed by atoms with E-state index in [9.17, 15) is 19.3 Å². The minimum atomic E-state index is -0.552. The summed E-state index contributed by atoms with van der Waals surface area (Å²) in [5.74, 6) is -0.571. The molecule has 1 aliphatic heterocycles. The molecule has 0 radical (unpaired) electrons. The Bertz CT molecular complexity index is 861. The fourth-order valence-corrected chi connectivity index (χ4v) is 3.56. The second-order valence-corrected chi connectivity index (χ2v) is 7.00. The van der Waals surface area contributed by atoms with Crippen LogP contribution in [0.5, 0.6) is 0 Å². The van der Waals surface area contributed by atoms with Crippen LogP contribution in [0.15, 0.2) is 30.3 Å². The van der Waals surface area contributed by atoms with Crippen LogP contribution >= 0.6 is 0 Å². The zero-order valence-electron chi connectivity index (χ0n) is 16.0. The molecule has 1 unspecified atom stereocenters. The third kappa shape index (κ3) is 4.36. The summed E-state index contributed by atoms with van der Waals surface area (Å²) in [6.07, 6.45) is 0.502. The summed E-state index contributed by atoms with van der Waals surface area (Å²) in [4.78, 5) is 27.4. The zero-order valence-corrected chi connectivity index (χ0v) is 16.0. The van der Waals surface area contributed by atoms with Gasteiger partial charge in [-0.3, -0.25) is 9.69 Å². The first-order valence-electron chi connectivity index (χ1n) is 9.35. The number of halogens is 1. The lowest BCUT2D eigenvalue weighted by Crippen LogP contribution is -2.50. The summed E-state index contributed by atoms with van der Waals surface area (Å²) in [6.45, 7) is 6.73. The van der Waals surface area contributed by atoms with Crippen molar-refractivity contribution in [2.75, 3.05) is 26.2 Å². The summed E-state index contributed by atoms with van der Waals surface area (Å²) in [7, 11) is 0. The molecule has 0 spiro atoms. The largest absolute Gasteiger partial charge is 0.390 e. The molecular weight excluding hydrogens is 365 g/mol. The Labute approximate surface area is 162 Å². The number of hydrogen-bond acceptors (Lipinski definition) is 5. The summed E-state index contributed by atoms with van der Waals surface area (Å²) in [5, 5.41) is 15.0. The van der Waals surface area contributed by atoms with Crippen LogP contribution in [0.1, 0.15) is 30.6 Å². The molecule has 28 heavy (non-hydrogen) atoms. The lowest BCUT2D eigenvalue weighted by Gasteiger charge is -2.36. The van der Waals surface area contributed by atoms with E-state index in [-0.39, 0.29) is 17.5 Å². The molecule has 1 aromatic carbocycles. The number of carbonyl (C=O) groups is 1. The Morgan fingerprint density at radius 2 is 2.00 bits per heavy atom. The SMILES string of the molecule is CCC(C(=O)N1CCN(Cc2cccc(F)c2)CC1)n1nc([N+](=O)[O-])cc1C. The third-order valence-electron chi connectivity index (χ3n) is 5.04. The molecule has 8 nitrogen and oxygen atoms in total. The second-order valence-electron chi connectivity index (χ2n) is 7.00. The van der Waals surface area contributed by atoms with Crippen molar-refractivity contribution in [2.24, 2.45) is 0 Å². The van der Waals surface area contributed by atoms with Crippen LogP contribution in [0.4, 0.5) is 10.2 Å². The van der Waals surface area contributed by atoms with Crippen molar-refractivity contribution in [3.05, 3.63) is 57.5 Å². The van der Waals surface area contributed by atoms with E-state index in [1.54, 1.807) is 17.9 Å². The van der Waals surface area contributed by atoms with Crippen LogP contribution in [0.25, 0.3) is 0 Å². The Hall–Kier alpha value is -2.81. The van der Waals surface area contributed by atoms with Gasteiger partial charge in [0, 0.05) is 32.7 Å². The average molecular weight is 389 g/mol. The predicted molar refractivity (Wildman–Crippen MR) is 101 cm³/mol. The molecule has 1 aliphatic rings. The maximum Gasteiger partial charge on any atom is 0.390 e. The first-order chi connectivity index (χ1) is 13.4. The number of hydrogen-bond donors (Lipinski definition) is 0. The van der Waals surface area contributed by atoms with Crippen LogP contribution in [-0.2, 0) is 11.3 Å². The number of carbonyl (C=O) groups excluding carboxylic acids is 1. The highest BCUT2D eigenvalue weighted by atomic mass is 19.1. The van der Waals surface area contributed by atoms with Crippen molar-refractivity contribution in [1.82, 2.24) is 19.6 Å². The minimum absolute atomic E-state index is 0.0750. The van der Waals surface area contributed by atoms with Gasteiger partial charge in [0.2, 0.25) is 5.91 Å². The molecule has 150 valence electrons. The van der Waals surface area contributed by atoms with Gasteiger partial charge in [-0.05, 0) is 36.0 Å². The van der Waals surface area contributed by atoms with Gasteiger partial charge in [0.1, 0.15) is 5.82 Å². The molecule has 1 amide bonds. The first kappa shape index (κ1) is 19.9. The van der Waals surface area contributed by atoms with E-state index < -0.39 is 11.0 Å². The molecule has 1 aromatic heterocycles. The Balaban J connectivity index is 1.62. The van der Waals surface area contributed by atoms with Crippen molar-refractivity contribution in [3.63, 3.8) is 0 Å². The normalized spacial score (nSPS) is 16.2. The smallest absolute Gasteiger partial charge is 0.358 e. The van der Waals surface area contributed by atoms with Crippen LogP contribution in [0.2, 0.25) is 0 Å². The molecule has 2 aromatic rings. The number of aromatic nitrogens is 2. The Kier molecular flexibility index (Phi) is 6.03. The number of piperazine rings is 1. The van der Waals surface area contributed by atoms with Gasteiger partial charge in [0.05, 0.1) is 16.9 Å². The highest BCUT2D eigenvalue weighted by Crippen LogP contribution is 2.22. The van der Waals surface area contributed by atoms with E-state index >= 15 is 0 Å². The van der Waals surface area contributed by atoms with Gasteiger partial charge >= 0.3 is 5.82 Å². The molecule has 0 N–H and O–H groups in total. The van der Waals surface area contributed by atoms with Crippen molar-refractivity contribution >= 4 is 11.7 Å². The monoisotopic (exact) mass is 389 g/mol. The van der Waals surface area contributed by atoms with Gasteiger partial charge in [-0.1, -0.05) is 19.1 Å². The standard InChI is InChI=1S/C19H24FN5O3/c1-3-17(24-14(2)11-18(21-24)25(27)28)19(26)23-9-7-22(8-10-23)13-15-5-4-6-16(20)12-15/h4-6,11-12,17H,3,7-10,13H2,1-2H3. The number of nitrogens with zero attached hydrogens (tertiary/aromatic N) is 5. The maximum absolute atomic E-state index is 13.3. The fourth-order valence-electron chi connectivity index (χ4n) is 3.56. The van der Waals surface area contributed by atoms with Gasteiger partial charge in [-0.25, -0.2) is 4.39 Å². The van der Waals surface area contributed by atoms with Gasteiger partial charge in [-0.15, -0.1) is 0 Å². The van der Waals surface area contributed by atoms with Crippen LogP contribution in [-0.4, -0.2) is 56.6 Å². The van der Waals surface area contributed by atoms with E-state index in [1.165, 1.54) is 22.9 Å². The highest BCUT2D eigenvalue weighted by Gasteiger charge is 2.32. The lowest BCUT2D eigenvalue weighted by molar-refractivity contribution is -0.389. The number of rotatable bonds is 6.